The summed E-state index contributed by atoms with van der Waals surface area (Å²) in [6.45, 7) is 17.3. The van der Waals surface area contributed by atoms with E-state index in [1.165, 1.54) is 64.2 Å². The molecule has 178 valence electrons. The molecule has 0 aromatic rings. The van der Waals surface area contributed by atoms with Crippen molar-refractivity contribution in [1.82, 2.24) is 0 Å². The molecule has 1 nitrogen and oxygen atoms in total. The normalized spacial score (nSPS) is 46.0. The van der Waals surface area contributed by atoms with Crippen LogP contribution in [-0.4, -0.2) is 11.2 Å². The summed E-state index contributed by atoms with van der Waals surface area (Å²) in [5, 5.41) is 11.0. The van der Waals surface area contributed by atoms with Gasteiger partial charge in [0.05, 0.1) is 6.10 Å². The van der Waals surface area contributed by atoms with E-state index < -0.39 is 0 Å². The molecule has 4 aliphatic rings. The smallest absolute Gasteiger partial charge is 0.0597 e. The van der Waals surface area contributed by atoms with Crippen molar-refractivity contribution in [1.29, 1.82) is 0 Å². The standard InChI is InChI=1S/C30H52O/c1-8-28(5)26-15-12-22-24-14-13-23(21(4)11-9-10-20(2)3)29(24,6)18-16-25(22)30(26,7)19-17-27(28)31/h20-21,23-24,26-27,31H,8-19H2,1-7H3/t21-,23-,24+,26?,27-,28+,29-,30-/m1/s1. The van der Waals surface area contributed by atoms with Gasteiger partial charge in [-0.3, -0.25) is 0 Å². The van der Waals surface area contributed by atoms with Crippen molar-refractivity contribution < 1.29 is 5.11 Å². The Hall–Kier alpha value is -0.300. The van der Waals surface area contributed by atoms with Gasteiger partial charge in [-0.15, -0.1) is 0 Å². The Morgan fingerprint density at radius 2 is 1.68 bits per heavy atom. The van der Waals surface area contributed by atoms with Crippen LogP contribution in [0.15, 0.2) is 11.1 Å². The number of rotatable bonds is 6. The Morgan fingerprint density at radius 1 is 0.935 bits per heavy atom. The highest BCUT2D eigenvalue weighted by Crippen LogP contribution is 2.68. The van der Waals surface area contributed by atoms with Gasteiger partial charge in [0.25, 0.3) is 0 Å². The molecule has 1 unspecified atom stereocenters. The predicted molar refractivity (Wildman–Crippen MR) is 133 cm³/mol. The lowest BCUT2D eigenvalue weighted by Crippen LogP contribution is -2.54. The van der Waals surface area contributed by atoms with Crippen LogP contribution >= 0.6 is 0 Å². The molecule has 0 heterocycles. The maximum absolute atomic E-state index is 11.0. The number of allylic oxidation sites excluding steroid dienone is 2. The van der Waals surface area contributed by atoms with E-state index in [-0.39, 0.29) is 11.5 Å². The zero-order valence-electron chi connectivity index (χ0n) is 21.9. The average Bonchev–Trinajstić information content (AvgIpc) is 3.08. The topological polar surface area (TPSA) is 20.2 Å². The van der Waals surface area contributed by atoms with E-state index >= 15 is 0 Å². The van der Waals surface area contributed by atoms with Crippen LogP contribution in [0.2, 0.25) is 0 Å². The lowest BCUT2D eigenvalue weighted by Gasteiger charge is -2.60. The summed E-state index contributed by atoms with van der Waals surface area (Å²) in [6, 6.07) is 0. The van der Waals surface area contributed by atoms with Crippen molar-refractivity contribution in [3.63, 3.8) is 0 Å². The minimum Gasteiger partial charge on any atom is -0.393 e. The fourth-order valence-electron chi connectivity index (χ4n) is 9.61. The Bertz CT molecular complexity index is 691. The van der Waals surface area contributed by atoms with E-state index in [2.05, 4.69) is 48.5 Å². The van der Waals surface area contributed by atoms with Crippen molar-refractivity contribution in [3.05, 3.63) is 11.1 Å². The minimum absolute atomic E-state index is 0.103. The van der Waals surface area contributed by atoms with Gasteiger partial charge < -0.3 is 5.11 Å². The largest absolute Gasteiger partial charge is 0.393 e. The summed E-state index contributed by atoms with van der Waals surface area (Å²) >= 11 is 0. The second-order valence-electron chi connectivity index (χ2n) is 13.5. The molecule has 0 aromatic carbocycles. The van der Waals surface area contributed by atoms with E-state index in [1.54, 1.807) is 0 Å². The summed E-state index contributed by atoms with van der Waals surface area (Å²) < 4.78 is 0. The van der Waals surface area contributed by atoms with Crippen LogP contribution in [-0.2, 0) is 0 Å². The first kappa shape index (κ1) is 23.8. The van der Waals surface area contributed by atoms with Crippen molar-refractivity contribution in [3.8, 4) is 0 Å². The Kier molecular flexibility index (Phi) is 6.53. The lowest BCUT2D eigenvalue weighted by molar-refractivity contribution is -0.105. The molecular formula is C30H52O. The molecule has 31 heavy (non-hydrogen) atoms. The monoisotopic (exact) mass is 428 g/mol. The number of fused-ring (bicyclic) bond motifs is 4. The molecule has 4 rings (SSSR count). The second-order valence-corrected chi connectivity index (χ2v) is 13.5. The minimum atomic E-state index is -0.103. The third kappa shape index (κ3) is 3.68. The maximum Gasteiger partial charge on any atom is 0.0597 e. The second kappa shape index (κ2) is 8.48. The zero-order chi connectivity index (χ0) is 22.6. The molecule has 0 saturated heterocycles. The van der Waals surface area contributed by atoms with Gasteiger partial charge in [-0.25, -0.2) is 0 Å². The molecule has 4 aliphatic carbocycles. The molecule has 0 bridgehead atoms. The molecule has 0 aliphatic heterocycles. The van der Waals surface area contributed by atoms with Crippen molar-refractivity contribution >= 4 is 0 Å². The third-order valence-corrected chi connectivity index (χ3v) is 11.7. The fourth-order valence-corrected chi connectivity index (χ4v) is 9.61. The number of hydrogen-bond donors (Lipinski definition) is 1. The summed E-state index contributed by atoms with van der Waals surface area (Å²) in [6.07, 6.45) is 15.8. The molecule has 1 N–H and O–H groups in total. The highest BCUT2D eigenvalue weighted by molar-refractivity contribution is 5.35. The molecule has 2 saturated carbocycles. The summed E-state index contributed by atoms with van der Waals surface area (Å²) in [5.41, 5.74) is 4.79. The first-order chi connectivity index (χ1) is 14.6. The molecule has 0 spiro atoms. The SMILES string of the molecule is CC[C@@]1(C)C2CCC3=C(CC[C@]4(C)[C@@H]([C@H](C)CCCC(C)C)CC[C@@H]34)[C@@]2(C)CC[C@H]1O. The predicted octanol–water partition coefficient (Wildman–Crippen LogP) is 8.56. The molecule has 0 aromatic heterocycles. The fraction of sp³-hybridized carbons (Fsp3) is 0.933. The lowest BCUT2D eigenvalue weighted by atomic mass is 9.45. The van der Waals surface area contributed by atoms with Gasteiger partial charge in [-0.05, 0) is 104 Å². The first-order valence-electron chi connectivity index (χ1n) is 14.0. The molecule has 8 atom stereocenters. The van der Waals surface area contributed by atoms with E-state index in [0.29, 0.717) is 16.7 Å². The van der Waals surface area contributed by atoms with Crippen LogP contribution in [0, 0.1) is 45.8 Å². The Labute approximate surface area is 193 Å². The zero-order valence-corrected chi connectivity index (χ0v) is 21.9. The molecule has 0 radical (unpaired) electrons. The highest BCUT2D eigenvalue weighted by Gasteiger charge is 2.59. The van der Waals surface area contributed by atoms with Crippen LogP contribution in [0.25, 0.3) is 0 Å². The van der Waals surface area contributed by atoms with Crippen LogP contribution in [0.4, 0.5) is 0 Å². The average molecular weight is 429 g/mol. The number of aliphatic hydroxyl groups excluding tert-OH is 1. The summed E-state index contributed by atoms with van der Waals surface area (Å²) in [5.74, 6) is 4.19. The third-order valence-electron chi connectivity index (χ3n) is 11.7. The van der Waals surface area contributed by atoms with Crippen molar-refractivity contribution in [2.24, 2.45) is 45.8 Å². The molecule has 1 heteroatoms. The molecule has 0 amide bonds. The first-order valence-corrected chi connectivity index (χ1v) is 14.0. The quantitative estimate of drug-likeness (QED) is 0.420. The van der Waals surface area contributed by atoms with Crippen LogP contribution in [0.3, 0.4) is 0 Å². The van der Waals surface area contributed by atoms with Crippen LogP contribution in [0.1, 0.15) is 126 Å². The maximum atomic E-state index is 11.0. The van der Waals surface area contributed by atoms with Gasteiger partial charge in [0, 0.05) is 0 Å². The van der Waals surface area contributed by atoms with Gasteiger partial charge in [0.1, 0.15) is 0 Å². The molecule has 2 fully saturated rings. The van der Waals surface area contributed by atoms with Crippen molar-refractivity contribution in [2.45, 2.75) is 132 Å². The van der Waals surface area contributed by atoms with Gasteiger partial charge >= 0.3 is 0 Å². The van der Waals surface area contributed by atoms with Crippen LogP contribution < -0.4 is 0 Å². The van der Waals surface area contributed by atoms with Gasteiger partial charge in [0.2, 0.25) is 0 Å². The number of hydrogen-bond acceptors (Lipinski definition) is 1. The van der Waals surface area contributed by atoms with Gasteiger partial charge in [0.15, 0.2) is 0 Å². The Balaban J connectivity index is 1.58. The van der Waals surface area contributed by atoms with E-state index in [0.717, 1.165) is 36.5 Å². The van der Waals surface area contributed by atoms with Gasteiger partial charge in [-0.1, -0.05) is 78.9 Å². The van der Waals surface area contributed by atoms with E-state index in [4.69, 9.17) is 0 Å². The van der Waals surface area contributed by atoms with Gasteiger partial charge in [-0.2, -0.15) is 0 Å². The summed E-state index contributed by atoms with van der Waals surface area (Å²) in [7, 11) is 0. The Morgan fingerprint density at radius 3 is 2.35 bits per heavy atom. The molecular weight excluding hydrogens is 376 g/mol. The number of aliphatic hydroxyl groups is 1. The highest BCUT2D eigenvalue weighted by atomic mass is 16.3. The van der Waals surface area contributed by atoms with Crippen LogP contribution in [0.5, 0.6) is 0 Å². The van der Waals surface area contributed by atoms with E-state index in [9.17, 15) is 5.11 Å². The van der Waals surface area contributed by atoms with Crippen molar-refractivity contribution in [2.75, 3.05) is 0 Å². The summed E-state index contributed by atoms with van der Waals surface area (Å²) in [4.78, 5) is 0. The van der Waals surface area contributed by atoms with E-state index in [1.807, 2.05) is 11.1 Å².